The van der Waals surface area contributed by atoms with Gasteiger partial charge in [0.05, 0.1) is 5.56 Å². The first-order valence-electron chi connectivity index (χ1n) is 10.8. The summed E-state index contributed by atoms with van der Waals surface area (Å²) in [6, 6.07) is 11.1. The molecule has 29 heavy (non-hydrogen) atoms. The highest BCUT2D eigenvalue weighted by molar-refractivity contribution is 5.64. The molecule has 4 heteroatoms. The number of hydrogen-bond donors (Lipinski definition) is 0. The van der Waals surface area contributed by atoms with Crippen LogP contribution in [0.5, 0.6) is 0 Å². The lowest BCUT2D eigenvalue weighted by Crippen LogP contribution is -2.30. The lowest BCUT2D eigenvalue weighted by Gasteiger charge is -2.42. The van der Waals surface area contributed by atoms with Crippen molar-refractivity contribution >= 4 is 0 Å². The Morgan fingerprint density at radius 1 is 0.828 bits per heavy atom. The molecule has 0 N–H and O–H groups in total. The summed E-state index contributed by atoms with van der Waals surface area (Å²) >= 11 is 0. The Hall–Kier alpha value is -1.84. The first-order valence-corrected chi connectivity index (χ1v) is 10.8. The molecule has 2 aliphatic rings. The van der Waals surface area contributed by atoms with Gasteiger partial charge in [-0.1, -0.05) is 50.1 Å². The normalized spacial score (nSPS) is 27.5. The van der Waals surface area contributed by atoms with E-state index in [1.54, 1.807) is 0 Å². The molecule has 4 atom stereocenters. The van der Waals surface area contributed by atoms with E-state index < -0.39 is 17.6 Å². The zero-order chi connectivity index (χ0) is 20.6. The summed E-state index contributed by atoms with van der Waals surface area (Å²) in [5.74, 6) is 1.98. The molecule has 0 nitrogen and oxygen atoms in total. The third-order valence-electron chi connectivity index (χ3n) is 7.29. The molecule has 0 heterocycles. The maximum Gasteiger partial charge on any atom is 0.419 e. The van der Waals surface area contributed by atoms with Crippen LogP contribution in [0.3, 0.4) is 0 Å². The van der Waals surface area contributed by atoms with Gasteiger partial charge in [-0.15, -0.1) is 0 Å². The SMILES string of the molecule is CCC1CCC2CC(c3ccc(-c4ccc(C(F)(F)F)c(F)c4)cc3)CCC2C1. The average molecular weight is 404 g/mol. The van der Waals surface area contributed by atoms with Gasteiger partial charge >= 0.3 is 6.18 Å². The smallest absolute Gasteiger partial charge is 0.206 e. The zero-order valence-electron chi connectivity index (χ0n) is 16.8. The molecule has 0 aromatic heterocycles. The molecule has 2 saturated carbocycles. The van der Waals surface area contributed by atoms with Crippen molar-refractivity contribution in [2.24, 2.45) is 17.8 Å². The van der Waals surface area contributed by atoms with Crippen LogP contribution in [-0.4, -0.2) is 0 Å². The summed E-state index contributed by atoms with van der Waals surface area (Å²) in [5, 5.41) is 0. The van der Waals surface area contributed by atoms with E-state index in [1.165, 1.54) is 56.6 Å². The second kappa shape index (κ2) is 8.12. The molecule has 4 rings (SSSR count). The number of alkyl halides is 3. The van der Waals surface area contributed by atoms with Crippen LogP contribution in [0.25, 0.3) is 11.1 Å². The lowest BCUT2D eigenvalue weighted by atomic mass is 9.63. The topological polar surface area (TPSA) is 0 Å². The fourth-order valence-electron chi connectivity index (χ4n) is 5.53. The summed E-state index contributed by atoms with van der Waals surface area (Å²) in [7, 11) is 0. The van der Waals surface area contributed by atoms with Gasteiger partial charge in [-0.25, -0.2) is 4.39 Å². The third kappa shape index (κ3) is 4.36. The van der Waals surface area contributed by atoms with Gasteiger partial charge in [0.2, 0.25) is 0 Å². The van der Waals surface area contributed by atoms with E-state index in [4.69, 9.17) is 0 Å². The monoisotopic (exact) mass is 404 g/mol. The molecule has 0 amide bonds. The number of rotatable bonds is 3. The van der Waals surface area contributed by atoms with Gasteiger partial charge < -0.3 is 0 Å². The van der Waals surface area contributed by atoms with Crippen molar-refractivity contribution in [3.05, 3.63) is 59.4 Å². The van der Waals surface area contributed by atoms with Gasteiger partial charge in [-0.2, -0.15) is 13.2 Å². The second-order valence-corrected chi connectivity index (χ2v) is 8.93. The Morgan fingerprint density at radius 2 is 1.48 bits per heavy atom. The van der Waals surface area contributed by atoms with Gasteiger partial charge in [0.25, 0.3) is 0 Å². The van der Waals surface area contributed by atoms with Crippen molar-refractivity contribution in [3.8, 4) is 11.1 Å². The zero-order valence-corrected chi connectivity index (χ0v) is 16.8. The Morgan fingerprint density at radius 3 is 2.14 bits per heavy atom. The molecule has 0 saturated heterocycles. The molecule has 0 radical (unpaired) electrons. The molecule has 4 unspecified atom stereocenters. The minimum absolute atomic E-state index is 0.476. The van der Waals surface area contributed by atoms with E-state index in [0.29, 0.717) is 11.5 Å². The average Bonchev–Trinajstić information content (AvgIpc) is 2.72. The molecular formula is C25H28F4. The molecule has 2 aromatic rings. The summed E-state index contributed by atoms with van der Waals surface area (Å²) in [6.07, 6.45) is 4.51. The molecule has 0 bridgehead atoms. The maximum absolute atomic E-state index is 13.9. The van der Waals surface area contributed by atoms with E-state index in [1.807, 2.05) is 12.1 Å². The van der Waals surface area contributed by atoms with Gasteiger partial charge in [-0.05, 0) is 84.6 Å². The molecule has 0 aliphatic heterocycles. The number of benzene rings is 2. The largest absolute Gasteiger partial charge is 0.419 e. The highest BCUT2D eigenvalue weighted by Crippen LogP contribution is 2.48. The summed E-state index contributed by atoms with van der Waals surface area (Å²) in [4.78, 5) is 0. The van der Waals surface area contributed by atoms with E-state index in [0.717, 1.165) is 35.4 Å². The Balaban J connectivity index is 1.46. The fraction of sp³-hybridized carbons (Fsp3) is 0.520. The summed E-state index contributed by atoms with van der Waals surface area (Å²) < 4.78 is 52.2. The minimum Gasteiger partial charge on any atom is -0.206 e. The van der Waals surface area contributed by atoms with Crippen LogP contribution in [0.4, 0.5) is 17.6 Å². The summed E-state index contributed by atoms with van der Waals surface area (Å²) in [6.45, 7) is 2.31. The Bertz CT molecular complexity index is 837. The van der Waals surface area contributed by atoms with Crippen LogP contribution in [0.1, 0.15) is 68.9 Å². The van der Waals surface area contributed by atoms with Crippen LogP contribution in [0, 0.1) is 23.6 Å². The second-order valence-electron chi connectivity index (χ2n) is 8.93. The first-order chi connectivity index (χ1) is 13.8. The van der Waals surface area contributed by atoms with Gasteiger partial charge in [0.15, 0.2) is 0 Å². The number of fused-ring (bicyclic) bond motifs is 1. The molecule has 0 spiro atoms. The fourth-order valence-corrected chi connectivity index (χ4v) is 5.53. The summed E-state index contributed by atoms with van der Waals surface area (Å²) in [5.41, 5.74) is 1.31. The third-order valence-corrected chi connectivity index (χ3v) is 7.29. The quantitative estimate of drug-likeness (QED) is 0.452. The maximum atomic E-state index is 13.9. The predicted octanol–water partition coefficient (Wildman–Crippen LogP) is 8.22. The van der Waals surface area contributed by atoms with Crippen molar-refractivity contribution < 1.29 is 17.6 Å². The molecular weight excluding hydrogens is 376 g/mol. The molecule has 2 fully saturated rings. The molecule has 2 aromatic carbocycles. The molecule has 2 aliphatic carbocycles. The van der Waals surface area contributed by atoms with Gasteiger partial charge in [-0.3, -0.25) is 0 Å². The van der Waals surface area contributed by atoms with Crippen molar-refractivity contribution in [2.45, 2.75) is 64.0 Å². The van der Waals surface area contributed by atoms with E-state index >= 15 is 0 Å². The van der Waals surface area contributed by atoms with Crippen LogP contribution < -0.4 is 0 Å². The van der Waals surface area contributed by atoms with E-state index in [9.17, 15) is 17.6 Å². The lowest BCUT2D eigenvalue weighted by molar-refractivity contribution is -0.139. The van der Waals surface area contributed by atoms with Crippen LogP contribution in [0.2, 0.25) is 0 Å². The predicted molar refractivity (Wildman–Crippen MR) is 108 cm³/mol. The van der Waals surface area contributed by atoms with Crippen LogP contribution in [0.15, 0.2) is 42.5 Å². The highest BCUT2D eigenvalue weighted by atomic mass is 19.4. The number of hydrogen-bond acceptors (Lipinski definition) is 0. The number of halogens is 4. The van der Waals surface area contributed by atoms with Crippen molar-refractivity contribution in [1.82, 2.24) is 0 Å². The van der Waals surface area contributed by atoms with Gasteiger partial charge in [0.1, 0.15) is 5.82 Å². The Labute approximate surface area is 170 Å². The van der Waals surface area contributed by atoms with E-state index in [2.05, 4.69) is 19.1 Å². The van der Waals surface area contributed by atoms with Crippen LogP contribution >= 0.6 is 0 Å². The van der Waals surface area contributed by atoms with Crippen molar-refractivity contribution in [2.75, 3.05) is 0 Å². The minimum atomic E-state index is -4.67. The standard InChI is InChI=1S/C25H28F4/c1-2-16-3-4-21-14-20(10-9-19(21)13-16)17-5-7-18(8-6-17)22-11-12-23(24(26)15-22)25(27,28)29/h5-8,11-12,15-16,19-21H,2-4,9-10,13-14H2,1H3. The van der Waals surface area contributed by atoms with Crippen molar-refractivity contribution in [1.29, 1.82) is 0 Å². The Kier molecular flexibility index (Phi) is 5.72. The van der Waals surface area contributed by atoms with Crippen LogP contribution in [-0.2, 0) is 6.18 Å². The van der Waals surface area contributed by atoms with Crippen molar-refractivity contribution in [3.63, 3.8) is 0 Å². The first kappa shape index (κ1) is 20.4. The van der Waals surface area contributed by atoms with Gasteiger partial charge in [0, 0.05) is 0 Å². The molecule has 156 valence electrons. The highest BCUT2D eigenvalue weighted by Gasteiger charge is 2.36. The van der Waals surface area contributed by atoms with E-state index in [-0.39, 0.29) is 0 Å².